The molecule has 1 unspecified atom stereocenters. The van der Waals surface area contributed by atoms with E-state index in [1.54, 1.807) is 0 Å². The van der Waals surface area contributed by atoms with Gasteiger partial charge >= 0.3 is 0 Å². The monoisotopic (exact) mass is 216 g/mol. The van der Waals surface area contributed by atoms with E-state index in [2.05, 4.69) is 10.1 Å². The topological polar surface area (TPSA) is 65.2 Å². The summed E-state index contributed by atoms with van der Waals surface area (Å²) >= 11 is 0. The van der Waals surface area contributed by atoms with Gasteiger partial charge in [0.15, 0.2) is 6.10 Å². The highest BCUT2D eigenvalue weighted by molar-refractivity contribution is 5.67. The Morgan fingerprint density at radius 1 is 1.38 bits per heavy atom. The summed E-state index contributed by atoms with van der Waals surface area (Å²) in [5.74, 6) is 1.23. The van der Waals surface area contributed by atoms with E-state index < -0.39 is 0 Å². The molecule has 0 spiro atoms. The number of aromatic nitrogens is 2. The molecule has 16 heavy (non-hydrogen) atoms. The van der Waals surface area contributed by atoms with Gasteiger partial charge in [-0.15, -0.1) is 0 Å². The number of benzene rings is 1. The highest BCUT2D eigenvalue weighted by atomic mass is 16.5. The van der Waals surface area contributed by atoms with E-state index in [0.717, 1.165) is 11.3 Å². The molecular formula is C11H8N2O3. The molecule has 1 atom stereocenters. The molecule has 1 aliphatic heterocycles. The summed E-state index contributed by atoms with van der Waals surface area (Å²) in [6.07, 6.45) is 0.974. The van der Waals surface area contributed by atoms with Gasteiger partial charge in [-0.3, -0.25) is 4.79 Å². The predicted octanol–water partition coefficient (Wildman–Crippen LogP) is 1.56. The molecule has 0 bridgehead atoms. The Balaban J connectivity index is 1.88. The highest BCUT2D eigenvalue weighted by Crippen LogP contribution is 2.34. The number of carbonyl (C=O) groups excluding carboxylic acids is 1. The van der Waals surface area contributed by atoms with E-state index in [0.29, 0.717) is 18.5 Å². The van der Waals surface area contributed by atoms with Gasteiger partial charge in [0.1, 0.15) is 5.75 Å². The molecule has 0 saturated heterocycles. The third kappa shape index (κ3) is 1.37. The summed E-state index contributed by atoms with van der Waals surface area (Å²) in [6.45, 7) is 0. The Labute approximate surface area is 91.0 Å². The molecule has 0 aliphatic carbocycles. The second-order valence-corrected chi connectivity index (χ2v) is 3.53. The fraction of sp³-hybridized carbons (Fsp3) is 0.182. The zero-order valence-corrected chi connectivity index (χ0v) is 8.29. The molecule has 0 fully saturated rings. The summed E-state index contributed by atoms with van der Waals surface area (Å²) in [7, 11) is 0. The molecule has 2 aromatic rings. The van der Waals surface area contributed by atoms with Crippen molar-refractivity contribution >= 4 is 6.29 Å². The van der Waals surface area contributed by atoms with E-state index >= 15 is 0 Å². The fourth-order valence-electron chi connectivity index (χ4n) is 1.75. The van der Waals surface area contributed by atoms with E-state index in [1.807, 2.05) is 24.3 Å². The molecule has 5 heteroatoms. The number of rotatable bonds is 2. The first-order valence-corrected chi connectivity index (χ1v) is 4.90. The lowest BCUT2D eigenvalue weighted by Crippen LogP contribution is -2.05. The van der Waals surface area contributed by atoms with Crippen LogP contribution in [0.4, 0.5) is 0 Å². The van der Waals surface area contributed by atoms with Crippen LogP contribution in [0.25, 0.3) is 0 Å². The Morgan fingerprint density at radius 2 is 2.25 bits per heavy atom. The number of fused-ring (bicyclic) bond motifs is 1. The number of nitrogens with zero attached hydrogens (tertiary/aromatic N) is 2. The molecular weight excluding hydrogens is 208 g/mol. The molecule has 0 radical (unpaired) electrons. The Morgan fingerprint density at radius 3 is 3.00 bits per heavy atom. The van der Waals surface area contributed by atoms with Crippen LogP contribution in [0.3, 0.4) is 0 Å². The van der Waals surface area contributed by atoms with Crippen molar-refractivity contribution in [3.05, 3.63) is 41.5 Å². The van der Waals surface area contributed by atoms with Gasteiger partial charge < -0.3 is 9.26 Å². The van der Waals surface area contributed by atoms with Gasteiger partial charge in [-0.1, -0.05) is 23.4 Å². The number of aldehydes is 1. The maximum atomic E-state index is 10.4. The van der Waals surface area contributed by atoms with Crippen molar-refractivity contribution < 1.29 is 14.1 Å². The standard InChI is InChI=1S/C11H8N2O3/c14-6-10-12-11(13-16-10)9-5-7-3-1-2-4-8(7)15-9/h1-4,6,9H,5H2. The number of ether oxygens (including phenoxy) is 1. The van der Waals surface area contributed by atoms with Crippen LogP contribution in [-0.2, 0) is 6.42 Å². The van der Waals surface area contributed by atoms with Gasteiger partial charge in [0.05, 0.1) is 0 Å². The van der Waals surface area contributed by atoms with E-state index in [9.17, 15) is 4.79 Å². The van der Waals surface area contributed by atoms with E-state index in [4.69, 9.17) is 9.26 Å². The predicted molar refractivity (Wildman–Crippen MR) is 53.2 cm³/mol. The first-order chi connectivity index (χ1) is 7.86. The number of carbonyl (C=O) groups is 1. The second kappa shape index (κ2) is 3.44. The second-order valence-electron chi connectivity index (χ2n) is 3.53. The zero-order valence-electron chi connectivity index (χ0n) is 8.29. The first-order valence-electron chi connectivity index (χ1n) is 4.90. The lowest BCUT2D eigenvalue weighted by molar-refractivity contribution is 0.108. The van der Waals surface area contributed by atoms with Crippen LogP contribution in [0, 0.1) is 0 Å². The average molecular weight is 216 g/mol. The Hall–Kier alpha value is -2.17. The molecule has 0 amide bonds. The van der Waals surface area contributed by atoms with Crippen molar-refractivity contribution in [2.75, 3.05) is 0 Å². The lowest BCUT2D eigenvalue weighted by Gasteiger charge is -2.03. The van der Waals surface area contributed by atoms with Crippen molar-refractivity contribution in [2.45, 2.75) is 12.5 Å². The minimum atomic E-state index is -0.255. The Kier molecular flexibility index (Phi) is 1.96. The first kappa shape index (κ1) is 9.08. The van der Waals surface area contributed by atoms with E-state index in [-0.39, 0.29) is 12.0 Å². The molecule has 1 aliphatic rings. The summed E-state index contributed by atoms with van der Waals surface area (Å²) in [4.78, 5) is 14.3. The van der Waals surface area contributed by atoms with Crippen LogP contribution < -0.4 is 4.74 Å². The van der Waals surface area contributed by atoms with Crippen LogP contribution in [-0.4, -0.2) is 16.4 Å². The van der Waals surface area contributed by atoms with Crippen LogP contribution >= 0.6 is 0 Å². The normalized spacial score (nSPS) is 17.9. The summed E-state index contributed by atoms with van der Waals surface area (Å²) < 4.78 is 10.4. The van der Waals surface area contributed by atoms with Gasteiger partial charge in [-0.2, -0.15) is 4.98 Å². The summed E-state index contributed by atoms with van der Waals surface area (Å²) in [6, 6.07) is 7.76. The van der Waals surface area contributed by atoms with Crippen LogP contribution in [0.1, 0.15) is 28.2 Å². The quantitative estimate of drug-likeness (QED) is 0.712. The minimum Gasteiger partial charge on any atom is -0.482 e. The molecule has 3 rings (SSSR count). The Bertz CT molecular complexity index is 511. The van der Waals surface area contributed by atoms with Gasteiger partial charge in [0, 0.05) is 6.42 Å². The smallest absolute Gasteiger partial charge is 0.290 e. The summed E-state index contributed by atoms with van der Waals surface area (Å²) in [5, 5.41) is 3.71. The number of hydrogen-bond acceptors (Lipinski definition) is 5. The largest absolute Gasteiger partial charge is 0.482 e. The molecule has 1 aromatic carbocycles. The minimum absolute atomic E-state index is 0.0189. The number of hydrogen-bond donors (Lipinski definition) is 0. The van der Waals surface area contributed by atoms with Crippen molar-refractivity contribution in [1.29, 1.82) is 0 Å². The zero-order chi connectivity index (χ0) is 11.0. The van der Waals surface area contributed by atoms with Crippen molar-refractivity contribution in [2.24, 2.45) is 0 Å². The van der Waals surface area contributed by atoms with Gasteiger partial charge in [-0.25, -0.2) is 0 Å². The molecule has 1 aromatic heterocycles. The molecule has 0 N–H and O–H groups in total. The maximum absolute atomic E-state index is 10.4. The number of para-hydroxylation sites is 1. The molecule has 5 nitrogen and oxygen atoms in total. The molecule has 2 heterocycles. The van der Waals surface area contributed by atoms with Gasteiger partial charge in [-0.05, 0) is 11.6 Å². The molecule has 80 valence electrons. The summed E-state index contributed by atoms with van der Waals surface area (Å²) in [5.41, 5.74) is 1.12. The average Bonchev–Trinajstić information content (AvgIpc) is 2.95. The van der Waals surface area contributed by atoms with Crippen molar-refractivity contribution in [1.82, 2.24) is 10.1 Å². The molecule has 0 saturated carbocycles. The van der Waals surface area contributed by atoms with Crippen LogP contribution in [0.15, 0.2) is 28.8 Å². The SMILES string of the molecule is O=Cc1nc(C2Cc3ccccc3O2)no1. The highest BCUT2D eigenvalue weighted by Gasteiger charge is 2.27. The third-order valence-corrected chi connectivity index (χ3v) is 2.49. The van der Waals surface area contributed by atoms with Crippen molar-refractivity contribution in [3.63, 3.8) is 0 Å². The van der Waals surface area contributed by atoms with Crippen LogP contribution in [0.2, 0.25) is 0 Å². The fourth-order valence-corrected chi connectivity index (χ4v) is 1.75. The van der Waals surface area contributed by atoms with E-state index in [1.165, 1.54) is 0 Å². The van der Waals surface area contributed by atoms with Gasteiger partial charge in [0.25, 0.3) is 5.89 Å². The maximum Gasteiger partial charge on any atom is 0.290 e. The van der Waals surface area contributed by atoms with Gasteiger partial charge in [0.2, 0.25) is 12.1 Å². The lowest BCUT2D eigenvalue weighted by atomic mass is 10.1. The third-order valence-electron chi connectivity index (χ3n) is 2.49. The van der Waals surface area contributed by atoms with Crippen LogP contribution in [0.5, 0.6) is 5.75 Å². The van der Waals surface area contributed by atoms with Crippen molar-refractivity contribution in [3.8, 4) is 5.75 Å².